The third-order valence-corrected chi connectivity index (χ3v) is 3.61. The van der Waals surface area contributed by atoms with Crippen molar-refractivity contribution < 1.29 is 9.13 Å². The molecule has 5 nitrogen and oxygen atoms in total. The molecule has 1 aromatic heterocycles. The van der Waals surface area contributed by atoms with Crippen LogP contribution >= 0.6 is 0 Å². The van der Waals surface area contributed by atoms with Gasteiger partial charge in [-0.3, -0.25) is 0 Å². The van der Waals surface area contributed by atoms with Gasteiger partial charge in [0.15, 0.2) is 0 Å². The lowest BCUT2D eigenvalue weighted by Crippen LogP contribution is -2.36. The second kappa shape index (κ2) is 7.17. The van der Waals surface area contributed by atoms with Crippen molar-refractivity contribution in [2.24, 2.45) is 0 Å². The van der Waals surface area contributed by atoms with Crippen LogP contribution in [0.2, 0.25) is 0 Å². The summed E-state index contributed by atoms with van der Waals surface area (Å²) in [5.41, 5.74) is 0.694. The van der Waals surface area contributed by atoms with Crippen molar-refractivity contribution in [2.75, 3.05) is 43.1 Å². The van der Waals surface area contributed by atoms with Gasteiger partial charge in [-0.25, -0.2) is 9.37 Å². The smallest absolute Gasteiger partial charge is 0.224 e. The van der Waals surface area contributed by atoms with Gasteiger partial charge in [0, 0.05) is 25.8 Å². The van der Waals surface area contributed by atoms with E-state index in [1.165, 1.54) is 6.07 Å². The van der Waals surface area contributed by atoms with Crippen LogP contribution in [0.25, 0.3) is 0 Å². The molecule has 0 radical (unpaired) electrons. The lowest BCUT2D eigenvalue weighted by Gasteiger charge is -2.27. The van der Waals surface area contributed by atoms with Gasteiger partial charge in [0.25, 0.3) is 0 Å². The zero-order valence-electron chi connectivity index (χ0n) is 12.3. The van der Waals surface area contributed by atoms with E-state index < -0.39 is 0 Å². The van der Waals surface area contributed by atoms with E-state index >= 15 is 0 Å². The Kier molecular flexibility index (Phi) is 4.80. The molecule has 0 saturated carbocycles. The molecule has 0 bridgehead atoms. The maximum Gasteiger partial charge on any atom is 0.224 e. The Bertz CT molecular complexity index is 617. The maximum atomic E-state index is 13.5. The number of benzene rings is 1. The molecule has 0 amide bonds. The summed E-state index contributed by atoms with van der Waals surface area (Å²) in [4.78, 5) is 10.9. The predicted octanol–water partition coefficient (Wildman–Crippen LogP) is 2.11. The average molecular weight is 302 g/mol. The van der Waals surface area contributed by atoms with E-state index in [2.05, 4.69) is 20.2 Å². The lowest BCUT2D eigenvalue weighted by molar-refractivity contribution is 0.122. The Morgan fingerprint density at radius 2 is 2.00 bits per heavy atom. The second-order valence-corrected chi connectivity index (χ2v) is 5.11. The fourth-order valence-corrected chi connectivity index (χ4v) is 2.41. The Hall–Kier alpha value is -2.21. The molecule has 1 N–H and O–H groups in total. The third kappa shape index (κ3) is 3.71. The number of anilines is 2. The highest BCUT2D eigenvalue weighted by molar-refractivity contribution is 5.42. The number of rotatable bonds is 5. The van der Waals surface area contributed by atoms with Crippen LogP contribution in [0.3, 0.4) is 0 Å². The zero-order valence-corrected chi connectivity index (χ0v) is 12.3. The molecule has 1 aliphatic heterocycles. The van der Waals surface area contributed by atoms with Crippen LogP contribution in [0.15, 0.2) is 36.5 Å². The molecule has 0 spiro atoms. The van der Waals surface area contributed by atoms with Gasteiger partial charge >= 0.3 is 0 Å². The summed E-state index contributed by atoms with van der Waals surface area (Å²) < 4.78 is 18.9. The van der Waals surface area contributed by atoms with Gasteiger partial charge < -0.3 is 15.0 Å². The van der Waals surface area contributed by atoms with Gasteiger partial charge in [-0.2, -0.15) is 4.98 Å². The minimum atomic E-state index is -0.174. The van der Waals surface area contributed by atoms with Gasteiger partial charge in [0.05, 0.1) is 13.2 Å². The summed E-state index contributed by atoms with van der Waals surface area (Å²) in [5, 5.41) is 3.15. The van der Waals surface area contributed by atoms with Crippen molar-refractivity contribution in [3.8, 4) is 0 Å². The molecule has 2 aromatic rings. The number of aromatic nitrogens is 2. The largest absolute Gasteiger partial charge is 0.378 e. The zero-order chi connectivity index (χ0) is 15.2. The molecule has 1 saturated heterocycles. The first-order valence-corrected chi connectivity index (χ1v) is 7.46. The van der Waals surface area contributed by atoms with E-state index in [0.717, 1.165) is 32.1 Å². The van der Waals surface area contributed by atoms with E-state index in [0.29, 0.717) is 24.5 Å². The fraction of sp³-hybridized carbons (Fsp3) is 0.375. The molecule has 1 aliphatic rings. The molecule has 0 atom stereocenters. The topological polar surface area (TPSA) is 50.3 Å². The summed E-state index contributed by atoms with van der Waals surface area (Å²) >= 11 is 0. The van der Waals surface area contributed by atoms with Gasteiger partial charge in [0.1, 0.15) is 11.6 Å². The molecule has 1 fully saturated rings. The monoisotopic (exact) mass is 302 g/mol. The highest BCUT2D eigenvalue weighted by atomic mass is 19.1. The van der Waals surface area contributed by atoms with Gasteiger partial charge in [-0.15, -0.1) is 0 Å². The molecule has 116 valence electrons. The standard InChI is InChI=1S/C16H19FN4O/c17-14-4-2-1-3-13(14)5-7-18-16-19-8-6-15(20-16)21-9-11-22-12-10-21/h1-4,6,8H,5,7,9-12H2,(H,18,19,20). The first kappa shape index (κ1) is 14.7. The Morgan fingerprint density at radius 1 is 1.18 bits per heavy atom. The summed E-state index contributed by atoms with van der Waals surface area (Å²) in [7, 11) is 0. The van der Waals surface area contributed by atoms with E-state index in [-0.39, 0.29) is 5.82 Å². The molecule has 1 aromatic carbocycles. The van der Waals surface area contributed by atoms with Crippen LogP contribution in [0, 0.1) is 5.82 Å². The minimum absolute atomic E-state index is 0.174. The number of halogens is 1. The number of hydrogen-bond acceptors (Lipinski definition) is 5. The quantitative estimate of drug-likeness (QED) is 0.916. The Morgan fingerprint density at radius 3 is 2.82 bits per heavy atom. The summed E-state index contributed by atoms with van der Waals surface area (Å²) in [6.07, 6.45) is 2.33. The number of hydrogen-bond donors (Lipinski definition) is 1. The normalized spacial score (nSPS) is 14.9. The van der Waals surface area contributed by atoms with Crippen molar-refractivity contribution in [2.45, 2.75) is 6.42 Å². The SMILES string of the molecule is Fc1ccccc1CCNc1nccc(N2CCOCC2)n1. The van der Waals surface area contributed by atoms with Gasteiger partial charge in [-0.05, 0) is 24.1 Å². The van der Waals surface area contributed by atoms with Gasteiger partial charge in [0.2, 0.25) is 5.95 Å². The van der Waals surface area contributed by atoms with Gasteiger partial charge in [-0.1, -0.05) is 18.2 Å². The highest BCUT2D eigenvalue weighted by Crippen LogP contribution is 2.14. The molecule has 2 heterocycles. The molecule has 0 unspecified atom stereocenters. The molecule has 6 heteroatoms. The van der Waals surface area contributed by atoms with Crippen molar-refractivity contribution >= 4 is 11.8 Å². The molecular formula is C16H19FN4O. The summed E-state index contributed by atoms with van der Waals surface area (Å²) in [6.45, 7) is 3.71. The Labute approximate surface area is 129 Å². The fourth-order valence-electron chi connectivity index (χ4n) is 2.41. The van der Waals surface area contributed by atoms with Crippen LogP contribution in [0.1, 0.15) is 5.56 Å². The van der Waals surface area contributed by atoms with Crippen molar-refractivity contribution in [1.29, 1.82) is 0 Å². The van der Waals surface area contributed by atoms with Crippen LogP contribution < -0.4 is 10.2 Å². The highest BCUT2D eigenvalue weighted by Gasteiger charge is 2.12. The third-order valence-electron chi connectivity index (χ3n) is 3.61. The summed E-state index contributed by atoms with van der Waals surface area (Å²) in [5.74, 6) is 1.29. The van der Waals surface area contributed by atoms with Crippen LogP contribution in [0.5, 0.6) is 0 Å². The van der Waals surface area contributed by atoms with E-state index in [4.69, 9.17) is 4.74 Å². The van der Waals surface area contributed by atoms with Crippen LogP contribution in [-0.2, 0) is 11.2 Å². The molecule has 22 heavy (non-hydrogen) atoms. The van der Waals surface area contributed by atoms with Crippen molar-refractivity contribution in [1.82, 2.24) is 9.97 Å². The van der Waals surface area contributed by atoms with Crippen LogP contribution in [-0.4, -0.2) is 42.8 Å². The number of nitrogens with zero attached hydrogens (tertiary/aromatic N) is 3. The number of nitrogens with one attached hydrogen (secondary N) is 1. The van der Waals surface area contributed by atoms with Crippen molar-refractivity contribution in [3.05, 3.63) is 47.9 Å². The molecule has 0 aliphatic carbocycles. The van der Waals surface area contributed by atoms with E-state index in [1.807, 2.05) is 12.1 Å². The first-order chi connectivity index (χ1) is 10.8. The molecular weight excluding hydrogens is 283 g/mol. The minimum Gasteiger partial charge on any atom is -0.378 e. The van der Waals surface area contributed by atoms with E-state index in [1.54, 1.807) is 18.3 Å². The maximum absolute atomic E-state index is 13.5. The van der Waals surface area contributed by atoms with Crippen molar-refractivity contribution in [3.63, 3.8) is 0 Å². The summed E-state index contributed by atoms with van der Waals surface area (Å²) in [6, 6.07) is 8.70. The predicted molar refractivity (Wildman–Crippen MR) is 83.7 cm³/mol. The average Bonchev–Trinajstić information content (AvgIpc) is 2.58. The number of morpholine rings is 1. The number of ether oxygens (including phenoxy) is 1. The first-order valence-electron chi connectivity index (χ1n) is 7.46. The lowest BCUT2D eigenvalue weighted by atomic mass is 10.1. The van der Waals surface area contributed by atoms with Crippen LogP contribution in [0.4, 0.5) is 16.2 Å². The molecule has 3 rings (SSSR count). The second-order valence-electron chi connectivity index (χ2n) is 5.11. The Balaban J connectivity index is 1.57. The van der Waals surface area contributed by atoms with E-state index in [9.17, 15) is 4.39 Å².